The summed E-state index contributed by atoms with van der Waals surface area (Å²) in [6.07, 6.45) is 2.88. The lowest BCUT2D eigenvalue weighted by Gasteiger charge is -2.01. The highest BCUT2D eigenvalue weighted by atomic mass is 32.1. The third-order valence-corrected chi connectivity index (χ3v) is 3.19. The van der Waals surface area contributed by atoms with E-state index in [9.17, 15) is 4.79 Å². The summed E-state index contributed by atoms with van der Waals surface area (Å²) in [5.41, 5.74) is 0. The molecule has 0 aliphatic rings. The molecule has 1 aromatic heterocycles. The van der Waals surface area contributed by atoms with E-state index in [1.165, 1.54) is 9.75 Å². The molecule has 0 saturated heterocycles. The molecule has 0 spiro atoms. The van der Waals surface area contributed by atoms with E-state index in [0.29, 0.717) is 6.61 Å². The number of ether oxygens (including phenoxy) is 1. The number of aliphatic carboxylic acids is 1. The lowest BCUT2D eigenvalue weighted by atomic mass is 10.2. The van der Waals surface area contributed by atoms with Gasteiger partial charge >= 0.3 is 5.97 Å². The van der Waals surface area contributed by atoms with E-state index >= 15 is 0 Å². The summed E-state index contributed by atoms with van der Waals surface area (Å²) in [6, 6.07) is 4.18. The second-order valence-corrected chi connectivity index (χ2v) is 5.14. The van der Waals surface area contributed by atoms with Crippen molar-refractivity contribution in [3.63, 3.8) is 0 Å². The van der Waals surface area contributed by atoms with E-state index in [1.54, 1.807) is 11.3 Å². The fourth-order valence-corrected chi connectivity index (χ4v) is 2.22. The molecule has 0 bridgehead atoms. The Morgan fingerprint density at radius 1 is 1.38 bits per heavy atom. The van der Waals surface area contributed by atoms with Crippen LogP contribution in [0.5, 0.6) is 0 Å². The molecule has 0 radical (unpaired) electrons. The molecule has 16 heavy (non-hydrogen) atoms. The highest BCUT2D eigenvalue weighted by Crippen LogP contribution is 2.15. The van der Waals surface area contributed by atoms with Crippen LogP contribution in [0.15, 0.2) is 12.1 Å². The van der Waals surface area contributed by atoms with Crippen LogP contribution in [-0.4, -0.2) is 17.7 Å². The zero-order valence-corrected chi connectivity index (χ0v) is 10.4. The molecule has 1 aromatic rings. The third kappa shape index (κ3) is 5.88. The van der Waals surface area contributed by atoms with E-state index in [2.05, 4.69) is 19.1 Å². The van der Waals surface area contributed by atoms with Crippen LogP contribution in [0.4, 0.5) is 0 Å². The molecule has 0 aliphatic heterocycles. The SMILES string of the molecule is Cc1ccc(COCCCCCC(=O)O)s1. The van der Waals surface area contributed by atoms with Gasteiger partial charge in [0.15, 0.2) is 0 Å². The number of rotatable bonds is 8. The van der Waals surface area contributed by atoms with E-state index in [4.69, 9.17) is 9.84 Å². The van der Waals surface area contributed by atoms with Crippen molar-refractivity contribution in [3.05, 3.63) is 21.9 Å². The van der Waals surface area contributed by atoms with Crippen molar-refractivity contribution in [2.75, 3.05) is 6.61 Å². The van der Waals surface area contributed by atoms with Crippen molar-refractivity contribution >= 4 is 17.3 Å². The van der Waals surface area contributed by atoms with Crippen molar-refractivity contribution in [1.82, 2.24) is 0 Å². The first-order valence-corrected chi connectivity index (χ1v) is 6.35. The van der Waals surface area contributed by atoms with Gasteiger partial charge in [0, 0.05) is 22.8 Å². The first-order chi connectivity index (χ1) is 7.68. The van der Waals surface area contributed by atoms with Crippen LogP contribution in [0.25, 0.3) is 0 Å². The second-order valence-electron chi connectivity index (χ2n) is 3.77. The van der Waals surface area contributed by atoms with Crippen LogP contribution in [-0.2, 0) is 16.1 Å². The van der Waals surface area contributed by atoms with Gasteiger partial charge in [-0.25, -0.2) is 0 Å². The van der Waals surface area contributed by atoms with Gasteiger partial charge in [0.1, 0.15) is 0 Å². The van der Waals surface area contributed by atoms with Gasteiger partial charge in [-0.3, -0.25) is 4.79 Å². The van der Waals surface area contributed by atoms with Gasteiger partial charge in [0.25, 0.3) is 0 Å². The molecule has 0 fully saturated rings. The van der Waals surface area contributed by atoms with E-state index in [0.717, 1.165) is 25.9 Å². The van der Waals surface area contributed by atoms with Crippen LogP contribution in [0, 0.1) is 6.92 Å². The normalized spacial score (nSPS) is 10.6. The zero-order valence-electron chi connectivity index (χ0n) is 9.57. The third-order valence-electron chi connectivity index (χ3n) is 2.22. The van der Waals surface area contributed by atoms with Gasteiger partial charge in [0.2, 0.25) is 0 Å². The Morgan fingerprint density at radius 2 is 2.19 bits per heavy atom. The zero-order chi connectivity index (χ0) is 11.8. The highest BCUT2D eigenvalue weighted by molar-refractivity contribution is 7.11. The molecule has 90 valence electrons. The van der Waals surface area contributed by atoms with Crippen molar-refractivity contribution in [2.24, 2.45) is 0 Å². The topological polar surface area (TPSA) is 46.5 Å². The molecule has 1 heterocycles. The van der Waals surface area contributed by atoms with Crippen LogP contribution in [0.1, 0.15) is 35.4 Å². The maximum atomic E-state index is 10.2. The van der Waals surface area contributed by atoms with Gasteiger partial charge < -0.3 is 9.84 Å². The maximum Gasteiger partial charge on any atom is 0.303 e. The minimum absolute atomic E-state index is 0.268. The number of thiophene rings is 1. The average Bonchev–Trinajstić information content (AvgIpc) is 2.62. The molecule has 1 N–H and O–H groups in total. The monoisotopic (exact) mass is 242 g/mol. The van der Waals surface area contributed by atoms with Gasteiger partial charge in [-0.1, -0.05) is 6.42 Å². The van der Waals surface area contributed by atoms with Crippen LogP contribution < -0.4 is 0 Å². The largest absolute Gasteiger partial charge is 0.481 e. The van der Waals surface area contributed by atoms with Gasteiger partial charge in [-0.15, -0.1) is 11.3 Å². The van der Waals surface area contributed by atoms with Gasteiger partial charge in [-0.2, -0.15) is 0 Å². The molecule has 0 saturated carbocycles. The first kappa shape index (κ1) is 13.2. The van der Waals surface area contributed by atoms with Crippen molar-refractivity contribution in [1.29, 1.82) is 0 Å². The smallest absolute Gasteiger partial charge is 0.303 e. The molecule has 0 aliphatic carbocycles. The molecule has 4 heteroatoms. The lowest BCUT2D eigenvalue weighted by Crippen LogP contribution is -1.96. The summed E-state index contributed by atoms with van der Waals surface area (Å²) < 4.78 is 5.50. The number of aryl methyl sites for hydroxylation is 1. The quantitative estimate of drug-likeness (QED) is 0.712. The van der Waals surface area contributed by atoms with E-state index in [-0.39, 0.29) is 6.42 Å². The Bertz CT molecular complexity index is 320. The fourth-order valence-electron chi connectivity index (χ4n) is 1.39. The van der Waals surface area contributed by atoms with Gasteiger partial charge in [0.05, 0.1) is 6.61 Å². The van der Waals surface area contributed by atoms with Crippen molar-refractivity contribution in [3.8, 4) is 0 Å². The van der Waals surface area contributed by atoms with Gasteiger partial charge in [-0.05, 0) is 31.9 Å². The average molecular weight is 242 g/mol. The highest BCUT2D eigenvalue weighted by Gasteiger charge is 1.98. The van der Waals surface area contributed by atoms with Crippen LogP contribution in [0.3, 0.4) is 0 Å². The minimum Gasteiger partial charge on any atom is -0.481 e. The predicted octanol–water partition coefficient (Wildman–Crippen LogP) is 3.22. The minimum atomic E-state index is -0.713. The van der Waals surface area contributed by atoms with E-state index in [1.807, 2.05) is 0 Å². The summed E-state index contributed by atoms with van der Waals surface area (Å²) >= 11 is 1.76. The molecule has 0 unspecified atom stereocenters. The molecular weight excluding hydrogens is 224 g/mol. The number of hydrogen-bond donors (Lipinski definition) is 1. The number of hydrogen-bond acceptors (Lipinski definition) is 3. The second kappa shape index (κ2) is 7.41. The summed E-state index contributed by atoms with van der Waals surface area (Å²) in [5, 5.41) is 8.44. The van der Waals surface area contributed by atoms with Crippen LogP contribution in [0.2, 0.25) is 0 Å². The molecule has 3 nitrogen and oxygen atoms in total. The molecule has 0 aromatic carbocycles. The van der Waals surface area contributed by atoms with Crippen molar-refractivity contribution in [2.45, 2.75) is 39.2 Å². The first-order valence-electron chi connectivity index (χ1n) is 5.53. The molecule has 0 amide bonds. The Balaban J connectivity index is 1.94. The number of unbranched alkanes of at least 4 members (excludes halogenated alkanes) is 2. The number of carboxylic acid groups (broad SMARTS) is 1. The Labute approximate surface area is 100 Å². The standard InChI is InChI=1S/C12H18O3S/c1-10-6-7-11(16-10)9-15-8-4-2-3-5-12(13)14/h6-7H,2-5,8-9H2,1H3,(H,13,14). The van der Waals surface area contributed by atoms with Crippen LogP contribution >= 0.6 is 11.3 Å². The Kier molecular flexibility index (Phi) is 6.11. The molecular formula is C12H18O3S. The number of carboxylic acids is 1. The summed E-state index contributed by atoms with van der Waals surface area (Å²) in [7, 11) is 0. The lowest BCUT2D eigenvalue weighted by molar-refractivity contribution is -0.137. The fraction of sp³-hybridized carbons (Fsp3) is 0.583. The summed E-state index contributed by atoms with van der Waals surface area (Å²) in [4.78, 5) is 12.8. The Hall–Kier alpha value is -0.870. The molecule has 0 atom stereocenters. The summed E-state index contributed by atoms with van der Waals surface area (Å²) in [6.45, 7) is 3.48. The summed E-state index contributed by atoms with van der Waals surface area (Å²) in [5.74, 6) is -0.713. The maximum absolute atomic E-state index is 10.2. The van der Waals surface area contributed by atoms with Crippen molar-refractivity contribution < 1.29 is 14.6 Å². The predicted molar refractivity (Wildman–Crippen MR) is 64.8 cm³/mol. The molecule has 1 rings (SSSR count). The Morgan fingerprint density at radius 3 is 2.81 bits per heavy atom. The number of carbonyl (C=O) groups is 1. The van der Waals surface area contributed by atoms with E-state index < -0.39 is 5.97 Å².